The highest BCUT2D eigenvalue weighted by atomic mass is 35.5. The molecule has 0 aliphatic rings. The summed E-state index contributed by atoms with van der Waals surface area (Å²) >= 11 is 5.28. The van der Waals surface area contributed by atoms with Crippen LogP contribution in [-0.2, 0) is 4.79 Å². The van der Waals surface area contributed by atoms with Gasteiger partial charge in [-0.1, -0.05) is 18.2 Å². The van der Waals surface area contributed by atoms with Gasteiger partial charge in [0.1, 0.15) is 11.7 Å². The SMILES string of the molecule is CC(c1ccccc1F)N(C)C(=O)NC(=O)CCl. The fraction of sp³-hybridized carbons (Fsp3) is 0.333. The molecule has 1 atom stereocenters. The van der Waals surface area contributed by atoms with Crippen LogP contribution in [0.25, 0.3) is 0 Å². The fourth-order valence-electron chi connectivity index (χ4n) is 1.44. The van der Waals surface area contributed by atoms with Crippen molar-refractivity contribution < 1.29 is 14.0 Å². The van der Waals surface area contributed by atoms with Gasteiger partial charge >= 0.3 is 6.03 Å². The van der Waals surface area contributed by atoms with Gasteiger partial charge in [0.05, 0.1) is 6.04 Å². The van der Waals surface area contributed by atoms with Crippen LogP contribution in [-0.4, -0.2) is 29.8 Å². The second kappa shape index (κ2) is 6.35. The van der Waals surface area contributed by atoms with Crippen molar-refractivity contribution in [3.8, 4) is 0 Å². The van der Waals surface area contributed by atoms with Gasteiger partial charge in [-0.2, -0.15) is 0 Å². The lowest BCUT2D eigenvalue weighted by atomic mass is 10.1. The Morgan fingerprint density at radius 1 is 1.44 bits per heavy atom. The minimum absolute atomic E-state index is 0.298. The molecule has 3 amide bonds. The van der Waals surface area contributed by atoms with Gasteiger partial charge in [0.25, 0.3) is 0 Å². The predicted octanol–water partition coefficient (Wildman–Crippen LogP) is 2.29. The third-order valence-corrected chi connectivity index (χ3v) is 2.87. The van der Waals surface area contributed by atoms with Crippen molar-refractivity contribution >= 4 is 23.5 Å². The third kappa shape index (κ3) is 3.43. The summed E-state index contributed by atoms with van der Waals surface area (Å²) in [5.74, 6) is -1.28. The zero-order valence-corrected chi connectivity index (χ0v) is 10.9. The Kier molecular flexibility index (Phi) is 5.09. The van der Waals surface area contributed by atoms with E-state index >= 15 is 0 Å². The van der Waals surface area contributed by atoms with Gasteiger partial charge in [0.2, 0.25) is 5.91 Å². The van der Waals surface area contributed by atoms with Crippen molar-refractivity contribution in [1.82, 2.24) is 10.2 Å². The van der Waals surface area contributed by atoms with Crippen LogP contribution in [0.3, 0.4) is 0 Å². The van der Waals surface area contributed by atoms with Crippen LogP contribution in [0.15, 0.2) is 24.3 Å². The van der Waals surface area contributed by atoms with Gasteiger partial charge < -0.3 is 4.90 Å². The van der Waals surface area contributed by atoms with Gasteiger partial charge in [0.15, 0.2) is 0 Å². The molecule has 98 valence electrons. The highest BCUT2D eigenvalue weighted by molar-refractivity contribution is 6.28. The Morgan fingerprint density at radius 2 is 2.06 bits per heavy atom. The van der Waals surface area contributed by atoms with Gasteiger partial charge in [-0.3, -0.25) is 10.1 Å². The second-order valence-corrected chi connectivity index (χ2v) is 4.06. The number of carbonyl (C=O) groups excluding carboxylic acids is 2. The molecule has 0 saturated carbocycles. The quantitative estimate of drug-likeness (QED) is 0.859. The highest BCUT2D eigenvalue weighted by Gasteiger charge is 2.20. The van der Waals surface area contributed by atoms with Crippen molar-refractivity contribution in [1.29, 1.82) is 0 Å². The van der Waals surface area contributed by atoms with Gasteiger partial charge in [-0.15, -0.1) is 11.6 Å². The summed E-state index contributed by atoms with van der Waals surface area (Å²) in [7, 11) is 1.48. The monoisotopic (exact) mass is 272 g/mol. The van der Waals surface area contributed by atoms with Crippen molar-refractivity contribution in [2.45, 2.75) is 13.0 Å². The molecular formula is C12H14ClFN2O2. The lowest BCUT2D eigenvalue weighted by Gasteiger charge is -2.25. The molecule has 0 fully saturated rings. The number of halogens is 2. The van der Waals surface area contributed by atoms with Crippen molar-refractivity contribution in [2.75, 3.05) is 12.9 Å². The second-order valence-electron chi connectivity index (χ2n) is 3.80. The molecule has 1 unspecified atom stereocenters. The molecule has 0 heterocycles. The molecular weight excluding hydrogens is 259 g/mol. The number of hydrogen-bond donors (Lipinski definition) is 1. The lowest BCUT2D eigenvalue weighted by molar-refractivity contribution is -0.117. The highest BCUT2D eigenvalue weighted by Crippen LogP contribution is 2.21. The summed E-state index contributed by atoms with van der Waals surface area (Å²) in [5, 5.41) is 2.09. The summed E-state index contributed by atoms with van der Waals surface area (Å²) in [6.07, 6.45) is 0. The predicted molar refractivity (Wildman–Crippen MR) is 66.8 cm³/mol. The Balaban J connectivity index is 2.78. The minimum Gasteiger partial charge on any atom is -0.321 e. The summed E-state index contributed by atoms with van der Waals surface area (Å²) in [5.41, 5.74) is 0.383. The number of amides is 3. The van der Waals surface area contributed by atoms with E-state index in [1.54, 1.807) is 25.1 Å². The maximum atomic E-state index is 13.5. The molecule has 0 radical (unpaired) electrons. The van der Waals surface area contributed by atoms with Crippen LogP contribution in [0, 0.1) is 5.82 Å². The average Bonchev–Trinajstić information content (AvgIpc) is 2.37. The van der Waals surface area contributed by atoms with Crippen LogP contribution in [0.4, 0.5) is 9.18 Å². The van der Waals surface area contributed by atoms with Crippen LogP contribution in [0.2, 0.25) is 0 Å². The van der Waals surface area contributed by atoms with E-state index in [4.69, 9.17) is 11.6 Å². The van der Waals surface area contributed by atoms with E-state index in [9.17, 15) is 14.0 Å². The lowest BCUT2D eigenvalue weighted by Crippen LogP contribution is -2.42. The van der Waals surface area contributed by atoms with Gasteiger partial charge in [0, 0.05) is 12.6 Å². The Morgan fingerprint density at radius 3 is 2.61 bits per heavy atom. The number of hydrogen-bond acceptors (Lipinski definition) is 2. The van der Waals surface area contributed by atoms with Gasteiger partial charge in [-0.25, -0.2) is 9.18 Å². The summed E-state index contributed by atoms with van der Waals surface area (Å²) in [4.78, 5) is 23.9. The molecule has 18 heavy (non-hydrogen) atoms. The molecule has 1 aromatic carbocycles. The maximum Gasteiger partial charge on any atom is 0.324 e. The standard InChI is InChI=1S/C12H14ClFN2O2/c1-8(9-5-3-4-6-10(9)14)16(2)12(18)15-11(17)7-13/h3-6,8H,7H2,1-2H3,(H,15,17,18). The normalized spacial score (nSPS) is 11.8. The zero-order valence-electron chi connectivity index (χ0n) is 10.1. The first-order valence-corrected chi connectivity index (χ1v) is 5.87. The molecule has 1 rings (SSSR count). The smallest absolute Gasteiger partial charge is 0.321 e. The van der Waals surface area contributed by atoms with Gasteiger partial charge in [-0.05, 0) is 13.0 Å². The number of urea groups is 1. The van der Waals surface area contributed by atoms with E-state index in [-0.39, 0.29) is 5.88 Å². The van der Waals surface area contributed by atoms with Crippen LogP contribution in [0.1, 0.15) is 18.5 Å². The molecule has 1 aromatic rings. The first kappa shape index (κ1) is 14.4. The largest absolute Gasteiger partial charge is 0.324 e. The maximum absolute atomic E-state index is 13.5. The summed E-state index contributed by atoms with van der Waals surface area (Å²) in [6, 6.07) is 5.06. The van der Waals surface area contributed by atoms with Crippen molar-refractivity contribution in [2.24, 2.45) is 0 Å². The van der Waals surface area contributed by atoms with Crippen molar-refractivity contribution in [3.05, 3.63) is 35.6 Å². The average molecular weight is 273 g/mol. The number of rotatable bonds is 3. The van der Waals surface area contributed by atoms with E-state index in [1.807, 2.05) is 0 Å². The van der Waals surface area contributed by atoms with E-state index < -0.39 is 23.8 Å². The number of imide groups is 1. The molecule has 0 spiro atoms. The van der Waals surface area contributed by atoms with E-state index in [0.717, 1.165) is 0 Å². The van der Waals surface area contributed by atoms with Crippen LogP contribution >= 0.6 is 11.6 Å². The zero-order chi connectivity index (χ0) is 13.7. The molecule has 4 nitrogen and oxygen atoms in total. The number of nitrogens with zero attached hydrogens (tertiary/aromatic N) is 1. The third-order valence-electron chi connectivity index (χ3n) is 2.62. The number of nitrogens with one attached hydrogen (secondary N) is 1. The van der Waals surface area contributed by atoms with Crippen LogP contribution in [0.5, 0.6) is 0 Å². The molecule has 0 saturated heterocycles. The topological polar surface area (TPSA) is 49.4 Å². The Labute approximate surface area is 110 Å². The number of alkyl halides is 1. The minimum atomic E-state index is -0.614. The Bertz CT molecular complexity index is 453. The molecule has 6 heteroatoms. The van der Waals surface area contributed by atoms with Crippen LogP contribution < -0.4 is 5.32 Å². The summed E-state index contributed by atoms with van der Waals surface area (Å²) in [6.45, 7) is 1.67. The van der Waals surface area contributed by atoms with E-state index in [0.29, 0.717) is 5.56 Å². The van der Waals surface area contributed by atoms with E-state index in [1.165, 1.54) is 18.0 Å². The first-order valence-electron chi connectivity index (χ1n) is 5.34. The molecule has 0 aromatic heterocycles. The molecule has 1 N–H and O–H groups in total. The number of carbonyl (C=O) groups is 2. The van der Waals surface area contributed by atoms with Crippen molar-refractivity contribution in [3.63, 3.8) is 0 Å². The first-order chi connectivity index (χ1) is 8.47. The fourth-order valence-corrected chi connectivity index (χ4v) is 1.51. The Hall–Kier alpha value is -1.62. The molecule has 0 aliphatic carbocycles. The molecule has 0 bridgehead atoms. The number of benzene rings is 1. The summed E-state index contributed by atoms with van der Waals surface area (Å²) < 4.78 is 13.5. The van der Waals surface area contributed by atoms with E-state index in [2.05, 4.69) is 5.32 Å². The molecule has 0 aliphatic heterocycles.